The molecular weight excluding hydrogens is 244 g/mol. The number of nitrogens with two attached hydrogens (primary N) is 1. The van der Waals surface area contributed by atoms with Crippen LogP contribution in [0.15, 0.2) is 12.1 Å². The van der Waals surface area contributed by atoms with Crippen molar-refractivity contribution in [2.75, 3.05) is 19.6 Å². The highest BCUT2D eigenvalue weighted by Crippen LogP contribution is 2.30. The van der Waals surface area contributed by atoms with Crippen LogP contribution < -0.4 is 5.73 Å². The number of carbonyl (C=O) groups is 1. The summed E-state index contributed by atoms with van der Waals surface area (Å²) in [5.41, 5.74) is 5.57. The number of amides is 1. The number of thiophene rings is 1. The van der Waals surface area contributed by atoms with Crippen molar-refractivity contribution >= 4 is 17.2 Å². The number of likely N-dealkylation sites (tertiary alicyclic amines) is 1. The Hall–Kier alpha value is -1.31. The van der Waals surface area contributed by atoms with Gasteiger partial charge in [0.2, 0.25) is 0 Å². The summed E-state index contributed by atoms with van der Waals surface area (Å²) in [6.07, 6.45) is 1.07. The van der Waals surface area contributed by atoms with Crippen LogP contribution in [0.25, 0.3) is 0 Å². The minimum atomic E-state index is 0.131. The molecule has 1 aliphatic heterocycles. The average molecular weight is 262 g/mol. The van der Waals surface area contributed by atoms with Gasteiger partial charge in [-0.2, -0.15) is 0 Å². The molecule has 0 spiro atoms. The summed E-state index contributed by atoms with van der Waals surface area (Å²) in [7, 11) is 0. The van der Waals surface area contributed by atoms with Crippen molar-refractivity contribution in [2.24, 2.45) is 11.1 Å². The second-order valence-corrected chi connectivity index (χ2v) is 6.39. The number of carbonyl (C=O) groups excluding carboxylic acids is 1. The van der Waals surface area contributed by atoms with E-state index < -0.39 is 0 Å². The first kappa shape index (κ1) is 13.1. The number of nitrogens with zero attached hydrogens (tertiary/aromatic N) is 1. The van der Waals surface area contributed by atoms with E-state index in [1.165, 1.54) is 11.3 Å². The maximum Gasteiger partial charge on any atom is 0.263 e. The van der Waals surface area contributed by atoms with Gasteiger partial charge in [0.25, 0.3) is 5.91 Å². The van der Waals surface area contributed by atoms with Gasteiger partial charge in [0, 0.05) is 13.1 Å². The van der Waals surface area contributed by atoms with E-state index in [4.69, 9.17) is 5.73 Å². The number of hydrogen-bond donors (Lipinski definition) is 1. The lowest BCUT2D eigenvalue weighted by Gasteiger charge is -2.19. The van der Waals surface area contributed by atoms with Crippen molar-refractivity contribution in [1.82, 2.24) is 4.90 Å². The molecule has 0 aliphatic carbocycles. The van der Waals surface area contributed by atoms with E-state index in [-0.39, 0.29) is 11.3 Å². The van der Waals surface area contributed by atoms with E-state index in [9.17, 15) is 4.79 Å². The van der Waals surface area contributed by atoms with E-state index in [1.54, 1.807) is 0 Å². The summed E-state index contributed by atoms with van der Waals surface area (Å²) in [6.45, 7) is 6.45. The van der Waals surface area contributed by atoms with Crippen LogP contribution in [0, 0.1) is 17.3 Å². The molecule has 2 N–H and O–H groups in total. The molecule has 2 heterocycles. The minimum Gasteiger partial charge on any atom is -0.337 e. The van der Waals surface area contributed by atoms with Gasteiger partial charge in [-0.1, -0.05) is 25.7 Å². The second-order valence-electron chi connectivity index (χ2n) is 5.31. The number of rotatable bonds is 1. The van der Waals surface area contributed by atoms with Crippen LogP contribution in [-0.4, -0.2) is 30.4 Å². The van der Waals surface area contributed by atoms with Gasteiger partial charge in [-0.15, -0.1) is 11.3 Å². The molecule has 1 aromatic heterocycles. The molecule has 0 bridgehead atoms. The molecule has 3 nitrogen and oxygen atoms in total. The van der Waals surface area contributed by atoms with Crippen LogP contribution >= 0.6 is 11.3 Å². The smallest absolute Gasteiger partial charge is 0.263 e. The molecule has 0 aromatic carbocycles. The topological polar surface area (TPSA) is 46.3 Å². The van der Waals surface area contributed by atoms with Crippen molar-refractivity contribution in [3.63, 3.8) is 0 Å². The zero-order valence-electron chi connectivity index (χ0n) is 10.8. The zero-order chi connectivity index (χ0) is 13.2. The van der Waals surface area contributed by atoms with Crippen molar-refractivity contribution < 1.29 is 4.79 Å². The van der Waals surface area contributed by atoms with E-state index >= 15 is 0 Å². The Morgan fingerprint density at radius 2 is 2.33 bits per heavy atom. The molecule has 1 saturated heterocycles. The van der Waals surface area contributed by atoms with Crippen molar-refractivity contribution in [3.05, 3.63) is 21.9 Å². The molecule has 0 atom stereocenters. The summed E-state index contributed by atoms with van der Waals surface area (Å²) in [6, 6.07) is 3.75. The Morgan fingerprint density at radius 1 is 1.56 bits per heavy atom. The van der Waals surface area contributed by atoms with Crippen molar-refractivity contribution in [2.45, 2.75) is 20.3 Å². The fourth-order valence-electron chi connectivity index (χ4n) is 2.10. The predicted molar refractivity (Wildman–Crippen MR) is 74.6 cm³/mol. The lowest BCUT2D eigenvalue weighted by atomic mass is 9.93. The van der Waals surface area contributed by atoms with E-state index in [0.717, 1.165) is 29.3 Å². The quantitative estimate of drug-likeness (QED) is 0.786. The van der Waals surface area contributed by atoms with Crippen LogP contribution in [0.2, 0.25) is 0 Å². The normalized spacial score (nSPS) is 17.4. The van der Waals surface area contributed by atoms with Gasteiger partial charge in [0.1, 0.15) is 0 Å². The average Bonchev–Trinajstić information content (AvgIpc) is 2.92. The van der Waals surface area contributed by atoms with Gasteiger partial charge in [-0.25, -0.2) is 0 Å². The van der Waals surface area contributed by atoms with Crippen molar-refractivity contribution in [1.29, 1.82) is 0 Å². The van der Waals surface area contributed by atoms with E-state index in [2.05, 4.69) is 25.7 Å². The van der Waals surface area contributed by atoms with Crippen LogP contribution in [0.1, 0.15) is 34.8 Å². The van der Waals surface area contributed by atoms with Gasteiger partial charge in [0.05, 0.1) is 16.3 Å². The highest BCUT2D eigenvalue weighted by molar-refractivity contribution is 7.14. The summed E-state index contributed by atoms with van der Waals surface area (Å²) in [4.78, 5) is 15.9. The zero-order valence-corrected chi connectivity index (χ0v) is 11.6. The maximum absolute atomic E-state index is 12.3. The molecule has 18 heavy (non-hydrogen) atoms. The van der Waals surface area contributed by atoms with Crippen LogP contribution in [-0.2, 0) is 0 Å². The molecule has 0 radical (unpaired) electrons. The lowest BCUT2D eigenvalue weighted by molar-refractivity contribution is 0.0783. The maximum atomic E-state index is 12.3. The minimum absolute atomic E-state index is 0.131. The van der Waals surface area contributed by atoms with Gasteiger partial charge >= 0.3 is 0 Å². The monoisotopic (exact) mass is 262 g/mol. The lowest BCUT2D eigenvalue weighted by Crippen LogP contribution is -2.29. The second kappa shape index (κ2) is 5.13. The molecule has 0 saturated carbocycles. The molecule has 4 heteroatoms. The summed E-state index contributed by atoms with van der Waals surface area (Å²) < 4.78 is 0. The first-order valence-corrected chi connectivity index (χ1v) is 6.91. The van der Waals surface area contributed by atoms with Gasteiger partial charge in [0.15, 0.2) is 0 Å². The molecule has 1 amide bonds. The Morgan fingerprint density at radius 3 is 2.94 bits per heavy atom. The fraction of sp³-hybridized carbons (Fsp3) is 0.500. The highest BCUT2D eigenvalue weighted by atomic mass is 32.1. The van der Waals surface area contributed by atoms with Crippen LogP contribution in [0.3, 0.4) is 0 Å². The Bertz CT molecular complexity index is 507. The van der Waals surface area contributed by atoms with Crippen LogP contribution in [0.4, 0.5) is 0 Å². The number of hydrogen-bond acceptors (Lipinski definition) is 3. The molecule has 0 unspecified atom stereocenters. The van der Waals surface area contributed by atoms with Gasteiger partial charge < -0.3 is 10.6 Å². The Labute approximate surface area is 112 Å². The molecule has 2 rings (SSSR count). The van der Waals surface area contributed by atoms with E-state index in [0.29, 0.717) is 6.54 Å². The third kappa shape index (κ3) is 2.92. The predicted octanol–water partition coefficient (Wildman–Crippen LogP) is 1.93. The largest absolute Gasteiger partial charge is 0.337 e. The van der Waals surface area contributed by atoms with Crippen molar-refractivity contribution in [3.8, 4) is 11.8 Å². The third-order valence-electron chi connectivity index (χ3n) is 3.10. The highest BCUT2D eigenvalue weighted by Gasteiger charge is 2.32. The summed E-state index contributed by atoms with van der Waals surface area (Å²) >= 11 is 1.45. The van der Waals surface area contributed by atoms with Crippen LogP contribution in [0.5, 0.6) is 0 Å². The summed E-state index contributed by atoms with van der Waals surface area (Å²) in [5, 5.41) is 0. The first-order valence-electron chi connectivity index (χ1n) is 6.10. The van der Waals surface area contributed by atoms with Gasteiger partial charge in [-0.05, 0) is 24.0 Å². The Kier molecular flexibility index (Phi) is 3.74. The molecule has 96 valence electrons. The third-order valence-corrected chi connectivity index (χ3v) is 4.08. The fourth-order valence-corrected chi connectivity index (χ4v) is 2.95. The first-order chi connectivity index (χ1) is 8.52. The SMILES string of the molecule is CC1(C)CCN(C(=O)c2ccc(C#CCN)s2)C1. The molecule has 1 aromatic rings. The molecule has 1 aliphatic rings. The van der Waals surface area contributed by atoms with Gasteiger partial charge in [-0.3, -0.25) is 4.79 Å². The Balaban J connectivity index is 2.08. The molecule has 1 fully saturated rings. The standard InChI is InChI=1S/C14H18N2OS/c1-14(2)7-9-16(10-14)13(17)12-6-5-11(18-12)4-3-8-15/h5-6H,7-10,15H2,1-2H3. The summed E-state index contributed by atoms with van der Waals surface area (Å²) in [5.74, 6) is 5.89. The molecular formula is C14H18N2OS. The van der Waals surface area contributed by atoms with E-state index in [1.807, 2.05) is 17.0 Å².